The van der Waals surface area contributed by atoms with Gasteiger partial charge in [0.25, 0.3) is 5.91 Å². The van der Waals surface area contributed by atoms with Gasteiger partial charge in [-0.25, -0.2) is 10.3 Å². The molecule has 4 aromatic rings. The van der Waals surface area contributed by atoms with E-state index in [2.05, 4.69) is 15.8 Å². The topological polar surface area (TPSA) is 109 Å². The molecule has 0 aromatic heterocycles. The predicted molar refractivity (Wildman–Crippen MR) is 164 cm³/mol. The second-order valence-corrected chi connectivity index (χ2v) is 11.6. The Labute approximate surface area is 253 Å². The van der Waals surface area contributed by atoms with Gasteiger partial charge in [-0.1, -0.05) is 66.2 Å². The van der Waals surface area contributed by atoms with Crippen LogP contribution in [0.4, 0.5) is 11.4 Å². The standard InChI is InChI=1S/C35H28N4O5/c1-20-10-13-22(14-11-20)39-33(41)31-30-23-6-2-4-8-25(23)35(32(31)34(39)42,26-9-5-3-7-24(26)30)18-37-38-29(40)17-36-21-12-15-27-28(16-21)44-19-43-27/h2-16,18,30-32,36H,17,19H2,1H3,(H,38,40)/b37-18+/t30?,31-,32+,35?/m1/s1. The van der Waals surface area contributed by atoms with Crippen molar-refractivity contribution in [2.75, 3.05) is 23.6 Å². The fraction of sp³-hybridized carbons (Fsp3) is 0.200. The number of amides is 3. The van der Waals surface area contributed by atoms with E-state index in [1.165, 1.54) is 4.90 Å². The number of benzene rings is 4. The molecule has 218 valence electrons. The molecule has 2 atom stereocenters. The number of nitrogens with one attached hydrogen (secondary N) is 2. The summed E-state index contributed by atoms with van der Waals surface area (Å²) in [6.07, 6.45) is 1.67. The first-order valence-corrected chi connectivity index (χ1v) is 14.6. The number of ether oxygens (including phenoxy) is 2. The van der Waals surface area contributed by atoms with E-state index in [1.54, 1.807) is 24.4 Å². The largest absolute Gasteiger partial charge is 0.454 e. The third-order valence-corrected chi connectivity index (χ3v) is 9.26. The van der Waals surface area contributed by atoms with E-state index < -0.39 is 17.3 Å². The van der Waals surface area contributed by atoms with Gasteiger partial charge in [-0.2, -0.15) is 5.10 Å². The van der Waals surface area contributed by atoms with Gasteiger partial charge in [0.2, 0.25) is 18.6 Å². The Hall–Kier alpha value is -5.44. The summed E-state index contributed by atoms with van der Waals surface area (Å²) >= 11 is 0. The van der Waals surface area contributed by atoms with Gasteiger partial charge in [-0.05, 0) is 53.4 Å². The molecule has 0 radical (unpaired) electrons. The first-order valence-electron chi connectivity index (χ1n) is 14.6. The van der Waals surface area contributed by atoms with E-state index in [9.17, 15) is 14.4 Å². The van der Waals surface area contributed by atoms with Crippen LogP contribution in [0.3, 0.4) is 0 Å². The molecule has 1 saturated heterocycles. The zero-order valence-electron chi connectivity index (χ0n) is 23.8. The van der Waals surface area contributed by atoms with Crippen LogP contribution in [0.1, 0.15) is 33.7 Å². The van der Waals surface area contributed by atoms with Gasteiger partial charge in [0.05, 0.1) is 29.5 Å². The maximum atomic E-state index is 14.4. The number of aryl methyl sites for hydroxylation is 1. The molecule has 2 heterocycles. The summed E-state index contributed by atoms with van der Waals surface area (Å²) in [4.78, 5) is 42.9. The predicted octanol–water partition coefficient (Wildman–Crippen LogP) is 4.49. The van der Waals surface area contributed by atoms with Crippen LogP contribution in [0.5, 0.6) is 11.5 Å². The van der Waals surface area contributed by atoms with Gasteiger partial charge in [-0.15, -0.1) is 0 Å². The third kappa shape index (κ3) is 3.71. The summed E-state index contributed by atoms with van der Waals surface area (Å²) in [5.74, 6) is -1.17. The van der Waals surface area contributed by atoms with Crippen LogP contribution in [0.15, 0.2) is 96.1 Å². The summed E-state index contributed by atoms with van der Waals surface area (Å²) < 4.78 is 10.8. The van der Waals surface area contributed by atoms with E-state index in [-0.39, 0.29) is 37.0 Å². The lowest BCUT2D eigenvalue weighted by atomic mass is 9.47. The number of nitrogens with zero attached hydrogens (tertiary/aromatic N) is 2. The zero-order chi connectivity index (χ0) is 30.0. The van der Waals surface area contributed by atoms with Gasteiger partial charge < -0.3 is 14.8 Å². The highest BCUT2D eigenvalue weighted by Crippen LogP contribution is 2.63. The highest BCUT2D eigenvalue weighted by molar-refractivity contribution is 6.25. The van der Waals surface area contributed by atoms with Crippen LogP contribution in [0, 0.1) is 18.8 Å². The average Bonchev–Trinajstić information content (AvgIpc) is 3.62. The first kappa shape index (κ1) is 26.2. The van der Waals surface area contributed by atoms with Crippen molar-refractivity contribution in [2.45, 2.75) is 18.3 Å². The van der Waals surface area contributed by atoms with E-state index in [0.717, 1.165) is 27.8 Å². The Kier molecular flexibility index (Phi) is 5.84. The number of anilines is 2. The van der Waals surface area contributed by atoms with Crippen LogP contribution in [0.2, 0.25) is 0 Å². The molecule has 44 heavy (non-hydrogen) atoms. The van der Waals surface area contributed by atoms with Crippen LogP contribution >= 0.6 is 0 Å². The molecule has 9 heteroatoms. The number of imide groups is 1. The van der Waals surface area contributed by atoms with Crippen LogP contribution in [-0.4, -0.2) is 37.3 Å². The molecular formula is C35H28N4O5. The number of carbonyl (C=O) groups excluding carboxylic acids is 3. The van der Waals surface area contributed by atoms with Crippen molar-refractivity contribution in [3.63, 3.8) is 0 Å². The summed E-state index contributed by atoms with van der Waals surface area (Å²) in [5, 5.41) is 7.54. The number of hydrazone groups is 1. The van der Waals surface area contributed by atoms with Gasteiger partial charge in [-0.3, -0.25) is 14.4 Å². The molecule has 2 bridgehead atoms. The quantitative estimate of drug-likeness (QED) is 0.196. The minimum Gasteiger partial charge on any atom is -0.454 e. The van der Waals surface area contributed by atoms with E-state index in [0.29, 0.717) is 22.9 Å². The third-order valence-electron chi connectivity index (χ3n) is 9.26. The molecule has 3 amide bonds. The van der Waals surface area contributed by atoms with Crippen molar-refractivity contribution >= 4 is 35.3 Å². The highest BCUT2D eigenvalue weighted by atomic mass is 16.7. The summed E-state index contributed by atoms with van der Waals surface area (Å²) in [6, 6.07) is 28.7. The molecule has 0 unspecified atom stereocenters. The summed E-state index contributed by atoms with van der Waals surface area (Å²) in [5.41, 5.74) is 7.74. The minimum atomic E-state index is -1.06. The number of carbonyl (C=O) groups is 3. The Morgan fingerprint density at radius 1 is 0.909 bits per heavy atom. The smallest absolute Gasteiger partial charge is 0.259 e. The van der Waals surface area contributed by atoms with Crippen molar-refractivity contribution in [3.05, 3.63) is 119 Å². The average molecular weight is 585 g/mol. The molecule has 4 aromatic carbocycles. The number of rotatable bonds is 6. The molecule has 0 spiro atoms. The summed E-state index contributed by atoms with van der Waals surface area (Å²) in [7, 11) is 0. The molecule has 5 aliphatic rings. The Bertz CT molecular complexity index is 1840. The van der Waals surface area contributed by atoms with Gasteiger partial charge in [0.1, 0.15) is 0 Å². The van der Waals surface area contributed by atoms with Crippen LogP contribution < -0.4 is 25.1 Å². The molecule has 1 fully saturated rings. The monoisotopic (exact) mass is 584 g/mol. The minimum absolute atomic E-state index is 0.0378. The lowest BCUT2D eigenvalue weighted by molar-refractivity contribution is -0.122. The summed E-state index contributed by atoms with van der Waals surface area (Å²) in [6.45, 7) is 2.10. The van der Waals surface area contributed by atoms with Gasteiger partial charge >= 0.3 is 0 Å². The van der Waals surface area contributed by atoms with Crippen molar-refractivity contribution in [2.24, 2.45) is 16.9 Å². The second-order valence-electron chi connectivity index (χ2n) is 11.6. The molecular weight excluding hydrogens is 556 g/mol. The van der Waals surface area contributed by atoms with E-state index >= 15 is 0 Å². The maximum absolute atomic E-state index is 14.4. The maximum Gasteiger partial charge on any atom is 0.259 e. The van der Waals surface area contributed by atoms with Crippen molar-refractivity contribution in [3.8, 4) is 11.5 Å². The SMILES string of the molecule is Cc1ccc(N2C(=O)[C@@H]3C4c5ccccc5C(/C=N/NC(=O)CNc5ccc6c(c5)OCO6)(c5ccccc54)[C@@H]3C2=O)cc1. The van der Waals surface area contributed by atoms with Crippen LogP contribution in [0.25, 0.3) is 0 Å². The fourth-order valence-electron chi connectivity index (χ4n) is 7.43. The molecule has 2 N–H and O–H groups in total. The Morgan fingerprint density at radius 2 is 1.59 bits per heavy atom. The Morgan fingerprint density at radius 3 is 2.32 bits per heavy atom. The van der Waals surface area contributed by atoms with Crippen LogP contribution in [-0.2, 0) is 19.8 Å². The normalized spacial score (nSPS) is 23.8. The second kappa shape index (κ2) is 9.80. The van der Waals surface area contributed by atoms with E-state index in [1.807, 2.05) is 79.7 Å². The number of hydrogen-bond acceptors (Lipinski definition) is 7. The molecule has 3 aliphatic carbocycles. The molecule has 2 aliphatic heterocycles. The molecule has 9 rings (SSSR count). The Balaban J connectivity index is 1.16. The van der Waals surface area contributed by atoms with Gasteiger partial charge in [0, 0.05) is 23.9 Å². The van der Waals surface area contributed by atoms with Crippen molar-refractivity contribution < 1.29 is 23.9 Å². The lowest BCUT2D eigenvalue weighted by Crippen LogP contribution is -2.54. The van der Waals surface area contributed by atoms with Crippen molar-refractivity contribution in [1.29, 1.82) is 0 Å². The molecule has 0 saturated carbocycles. The fourth-order valence-corrected chi connectivity index (χ4v) is 7.43. The van der Waals surface area contributed by atoms with E-state index in [4.69, 9.17) is 9.47 Å². The van der Waals surface area contributed by atoms with Gasteiger partial charge in [0.15, 0.2) is 11.5 Å². The lowest BCUT2D eigenvalue weighted by Gasteiger charge is -2.52. The highest BCUT2D eigenvalue weighted by Gasteiger charge is 2.68. The van der Waals surface area contributed by atoms with Crippen molar-refractivity contribution in [1.82, 2.24) is 5.43 Å². The first-order chi connectivity index (χ1) is 21.5. The number of hydrogen-bond donors (Lipinski definition) is 2. The number of fused-ring (bicyclic) bond motifs is 1. The molecule has 9 nitrogen and oxygen atoms in total. The zero-order valence-corrected chi connectivity index (χ0v) is 23.8.